The van der Waals surface area contributed by atoms with Crippen LogP contribution in [0.4, 0.5) is 0 Å². The largest absolute Gasteiger partial charge is 0.502 e. The smallest absolute Gasteiger partial charge is 0.374 e. The Morgan fingerprint density at radius 3 is 2.56 bits per heavy atom. The topological polar surface area (TPSA) is 83.8 Å². The van der Waals surface area contributed by atoms with Gasteiger partial charge in [0.2, 0.25) is 5.76 Å². The van der Waals surface area contributed by atoms with Crippen molar-refractivity contribution in [2.75, 3.05) is 0 Å². The molecule has 2 rings (SSSR count). The Morgan fingerprint density at radius 2 is 1.94 bits per heavy atom. The quantitative estimate of drug-likeness (QED) is 0.793. The van der Waals surface area contributed by atoms with Gasteiger partial charge in [-0.1, -0.05) is 30.3 Å². The SMILES string of the molecule is O=C(O)CC[C@H]1OC(=O)C(O)=C1c1ccccc1. The van der Waals surface area contributed by atoms with Crippen molar-refractivity contribution in [2.24, 2.45) is 0 Å². The summed E-state index contributed by atoms with van der Waals surface area (Å²) in [6, 6.07) is 8.83. The third kappa shape index (κ3) is 2.34. The average molecular weight is 248 g/mol. The van der Waals surface area contributed by atoms with Crippen LogP contribution in [-0.2, 0) is 14.3 Å². The van der Waals surface area contributed by atoms with Gasteiger partial charge in [0.25, 0.3) is 0 Å². The third-order valence-electron chi connectivity index (χ3n) is 2.72. The van der Waals surface area contributed by atoms with Gasteiger partial charge in [-0.05, 0) is 12.0 Å². The number of esters is 1. The lowest BCUT2D eigenvalue weighted by Gasteiger charge is -2.12. The number of cyclic esters (lactones) is 1. The maximum Gasteiger partial charge on any atom is 0.374 e. The minimum absolute atomic E-state index is 0.123. The molecule has 0 fully saturated rings. The first-order chi connectivity index (χ1) is 8.59. The molecule has 0 bridgehead atoms. The molecule has 1 aromatic rings. The highest BCUT2D eigenvalue weighted by Crippen LogP contribution is 2.32. The molecule has 0 saturated carbocycles. The summed E-state index contributed by atoms with van der Waals surface area (Å²) in [4.78, 5) is 21.9. The molecule has 18 heavy (non-hydrogen) atoms. The van der Waals surface area contributed by atoms with Crippen LogP contribution in [0.3, 0.4) is 0 Å². The van der Waals surface area contributed by atoms with Crippen molar-refractivity contribution >= 4 is 17.5 Å². The molecule has 0 amide bonds. The molecule has 1 atom stereocenters. The zero-order valence-electron chi connectivity index (χ0n) is 9.50. The molecular weight excluding hydrogens is 236 g/mol. The summed E-state index contributed by atoms with van der Waals surface area (Å²) in [5.41, 5.74) is 1.03. The van der Waals surface area contributed by atoms with Crippen molar-refractivity contribution in [2.45, 2.75) is 18.9 Å². The minimum atomic E-state index is -0.968. The molecule has 0 aliphatic carbocycles. The second kappa shape index (κ2) is 4.91. The second-order valence-corrected chi connectivity index (χ2v) is 3.95. The van der Waals surface area contributed by atoms with Gasteiger partial charge in [-0.15, -0.1) is 0 Å². The zero-order chi connectivity index (χ0) is 13.1. The molecule has 2 N–H and O–H groups in total. The van der Waals surface area contributed by atoms with Crippen LogP contribution in [0.2, 0.25) is 0 Å². The van der Waals surface area contributed by atoms with Gasteiger partial charge in [0.05, 0.1) is 0 Å². The Balaban J connectivity index is 2.28. The van der Waals surface area contributed by atoms with E-state index in [1.54, 1.807) is 24.3 Å². The zero-order valence-corrected chi connectivity index (χ0v) is 9.50. The lowest BCUT2D eigenvalue weighted by Crippen LogP contribution is -2.13. The Bertz CT molecular complexity index is 503. The number of hydrogen-bond donors (Lipinski definition) is 2. The van der Waals surface area contributed by atoms with Crippen LogP contribution in [0.1, 0.15) is 18.4 Å². The summed E-state index contributed by atoms with van der Waals surface area (Å²) < 4.78 is 4.96. The fraction of sp³-hybridized carbons (Fsp3) is 0.231. The van der Waals surface area contributed by atoms with E-state index in [0.717, 1.165) is 0 Å². The van der Waals surface area contributed by atoms with Crippen LogP contribution in [0.5, 0.6) is 0 Å². The van der Waals surface area contributed by atoms with E-state index in [1.165, 1.54) is 0 Å². The fourth-order valence-electron chi connectivity index (χ4n) is 1.90. The maximum atomic E-state index is 11.3. The first-order valence-corrected chi connectivity index (χ1v) is 5.51. The number of carbonyl (C=O) groups excluding carboxylic acids is 1. The van der Waals surface area contributed by atoms with Gasteiger partial charge >= 0.3 is 11.9 Å². The number of benzene rings is 1. The lowest BCUT2D eigenvalue weighted by molar-refractivity contribution is -0.144. The monoisotopic (exact) mass is 248 g/mol. The number of carbonyl (C=O) groups is 2. The minimum Gasteiger partial charge on any atom is -0.502 e. The highest BCUT2D eigenvalue weighted by atomic mass is 16.6. The fourth-order valence-corrected chi connectivity index (χ4v) is 1.90. The summed E-state index contributed by atoms with van der Waals surface area (Å²) >= 11 is 0. The van der Waals surface area contributed by atoms with Crippen LogP contribution in [0, 0.1) is 0 Å². The Labute approximate surface area is 103 Å². The first-order valence-electron chi connectivity index (χ1n) is 5.51. The molecular formula is C13H12O5. The standard InChI is InChI=1S/C13H12O5/c14-10(15)7-6-9-11(12(16)13(17)18-9)8-4-2-1-3-5-8/h1-5,9,16H,6-7H2,(H,14,15)/t9-/m1/s1. The summed E-state index contributed by atoms with van der Waals surface area (Å²) in [5.74, 6) is -2.20. The van der Waals surface area contributed by atoms with Gasteiger partial charge in [0, 0.05) is 12.0 Å². The number of carboxylic acid groups (broad SMARTS) is 1. The van der Waals surface area contributed by atoms with Crippen LogP contribution >= 0.6 is 0 Å². The van der Waals surface area contributed by atoms with Crippen molar-refractivity contribution < 1.29 is 24.5 Å². The third-order valence-corrected chi connectivity index (χ3v) is 2.72. The van der Waals surface area contributed by atoms with Gasteiger partial charge in [-0.2, -0.15) is 0 Å². The number of rotatable bonds is 4. The van der Waals surface area contributed by atoms with Gasteiger partial charge in [-0.3, -0.25) is 4.79 Å². The summed E-state index contributed by atoms with van der Waals surface area (Å²) in [6.07, 6.45) is -0.673. The van der Waals surface area contributed by atoms with Gasteiger partial charge in [0.15, 0.2) is 0 Å². The normalized spacial score (nSPS) is 18.9. The van der Waals surface area contributed by atoms with Crippen molar-refractivity contribution in [3.63, 3.8) is 0 Å². The highest BCUT2D eigenvalue weighted by molar-refractivity contribution is 6.00. The van der Waals surface area contributed by atoms with Crippen LogP contribution in [-0.4, -0.2) is 28.3 Å². The van der Waals surface area contributed by atoms with E-state index in [9.17, 15) is 14.7 Å². The van der Waals surface area contributed by atoms with Gasteiger partial charge in [0.1, 0.15) is 6.10 Å². The van der Waals surface area contributed by atoms with Gasteiger partial charge < -0.3 is 14.9 Å². The molecule has 1 aliphatic rings. The van der Waals surface area contributed by atoms with E-state index in [-0.39, 0.29) is 12.8 Å². The molecule has 5 heteroatoms. The number of aliphatic hydroxyl groups excluding tert-OH is 1. The second-order valence-electron chi connectivity index (χ2n) is 3.95. The number of aliphatic hydroxyl groups is 1. The first kappa shape index (κ1) is 12.2. The molecule has 1 heterocycles. The predicted molar refractivity (Wildman–Crippen MR) is 62.7 cm³/mol. The molecule has 0 spiro atoms. The maximum absolute atomic E-state index is 11.3. The van der Waals surface area contributed by atoms with E-state index >= 15 is 0 Å². The van der Waals surface area contributed by atoms with E-state index in [2.05, 4.69) is 0 Å². The van der Waals surface area contributed by atoms with Crippen LogP contribution < -0.4 is 0 Å². The van der Waals surface area contributed by atoms with Crippen molar-refractivity contribution in [3.8, 4) is 0 Å². The van der Waals surface area contributed by atoms with E-state index in [0.29, 0.717) is 11.1 Å². The Kier molecular flexibility index (Phi) is 3.32. The molecule has 0 radical (unpaired) electrons. The molecule has 5 nitrogen and oxygen atoms in total. The van der Waals surface area contributed by atoms with E-state index < -0.39 is 23.8 Å². The molecule has 1 aliphatic heterocycles. The summed E-state index contributed by atoms with van der Waals surface area (Å²) in [6.45, 7) is 0. The highest BCUT2D eigenvalue weighted by Gasteiger charge is 2.34. The van der Waals surface area contributed by atoms with E-state index in [4.69, 9.17) is 9.84 Å². The number of carboxylic acids is 1. The molecule has 0 unspecified atom stereocenters. The van der Waals surface area contributed by atoms with Crippen molar-refractivity contribution in [1.29, 1.82) is 0 Å². The number of aliphatic carboxylic acids is 1. The molecule has 94 valence electrons. The summed E-state index contributed by atoms with van der Waals surface area (Å²) in [5, 5.41) is 18.3. The lowest BCUT2D eigenvalue weighted by atomic mass is 9.97. The predicted octanol–water partition coefficient (Wildman–Crippen LogP) is 1.75. The van der Waals surface area contributed by atoms with Gasteiger partial charge in [-0.25, -0.2) is 4.79 Å². The van der Waals surface area contributed by atoms with Crippen LogP contribution in [0.15, 0.2) is 36.1 Å². The molecule has 0 saturated heterocycles. The molecule has 0 aromatic heterocycles. The molecule has 1 aromatic carbocycles. The van der Waals surface area contributed by atoms with E-state index in [1.807, 2.05) is 6.07 Å². The van der Waals surface area contributed by atoms with Crippen molar-refractivity contribution in [3.05, 3.63) is 41.7 Å². The average Bonchev–Trinajstić information content (AvgIpc) is 2.64. The Morgan fingerprint density at radius 1 is 1.28 bits per heavy atom. The summed E-state index contributed by atoms with van der Waals surface area (Å²) in [7, 11) is 0. The Hall–Kier alpha value is -2.30. The number of hydrogen-bond acceptors (Lipinski definition) is 4. The van der Waals surface area contributed by atoms with Crippen LogP contribution in [0.25, 0.3) is 5.57 Å². The number of ether oxygens (including phenoxy) is 1. The van der Waals surface area contributed by atoms with Crippen molar-refractivity contribution in [1.82, 2.24) is 0 Å².